The average Bonchev–Trinajstić information content (AvgIpc) is 2.66. The number of rotatable bonds is 1. The predicted octanol–water partition coefficient (Wildman–Crippen LogP) is 1.28. The lowest BCUT2D eigenvalue weighted by Crippen LogP contribution is -2.48. The Bertz CT molecular complexity index is 330. The van der Waals surface area contributed by atoms with Gasteiger partial charge in [-0.1, -0.05) is 0 Å². The lowest BCUT2D eigenvalue weighted by molar-refractivity contribution is 0.0442. The molecule has 3 saturated heterocycles. The van der Waals surface area contributed by atoms with Crippen molar-refractivity contribution in [3.05, 3.63) is 11.9 Å². The molecule has 1 aromatic heterocycles. The normalized spacial score (nSPS) is 33.8. The first-order chi connectivity index (χ1) is 6.83. The van der Waals surface area contributed by atoms with Gasteiger partial charge < -0.3 is 4.90 Å². The molecule has 5 heteroatoms. The van der Waals surface area contributed by atoms with E-state index in [1.54, 1.807) is 0 Å². The van der Waals surface area contributed by atoms with Gasteiger partial charge in [-0.05, 0) is 38.8 Å². The van der Waals surface area contributed by atoms with Crippen molar-refractivity contribution in [2.75, 3.05) is 19.6 Å². The summed E-state index contributed by atoms with van der Waals surface area (Å²) in [6, 6.07) is 0.534. The standard InChI is InChI=1S/C10H16N4.ClH/c1-8-6-11-14(12-8)10-7-13-4-2-9(10)3-5-13;/h6,9-10H,2-5,7H2,1H3;1H. The van der Waals surface area contributed by atoms with Crippen molar-refractivity contribution in [3.63, 3.8) is 0 Å². The third-order valence-electron chi connectivity index (χ3n) is 3.54. The van der Waals surface area contributed by atoms with Gasteiger partial charge in [0, 0.05) is 6.54 Å². The van der Waals surface area contributed by atoms with Gasteiger partial charge in [-0.15, -0.1) is 12.4 Å². The molecule has 15 heavy (non-hydrogen) atoms. The lowest BCUT2D eigenvalue weighted by Gasteiger charge is -2.43. The molecule has 0 N–H and O–H groups in total. The van der Waals surface area contributed by atoms with Crippen LogP contribution in [0.5, 0.6) is 0 Å². The zero-order chi connectivity index (χ0) is 9.54. The maximum atomic E-state index is 4.43. The summed E-state index contributed by atoms with van der Waals surface area (Å²) in [4.78, 5) is 4.47. The van der Waals surface area contributed by atoms with Crippen LogP contribution in [0, 0.1) is 12.8 Å². The van der Waals surface area contributed by atoms with Crippen molar-refractivity contribution in [1.82, 2.24) is 19.9 Å². The minimum Gasteiger partial charge on any atom is -0.301 e. The van der Waals surface area contributed by atoms with E-state index in [-0.39, 0.29) is 12.4 Å². The molecule has 0 radical (unpaired) electrons. The number of halogens is 1. The summed E-state index contributed by atoms with van der Waals surface area (Å²) >= 11 is 0. The Hall–Kier alpha value is -0.610. The van der Waals surface area contributed by atoms with Gasteiger partial charge in [-0.3, -0.25) is 0 Å². The van der Waals surface area contributed by atoms with Crippen LogP contribution in [0.15, 0.2) is 6.20 Å². The number of fused-ring (bicyclic) bond motifs is 3. The fraction of sp³-hybridized carbons (Fsp3) is 0.800. The third-order valence-corrected chi connectivity index (χ3v) is 3.54. The number of aromatic nitrogens is 3. The zero-order valence-corrected chi connectivity index (χ0v) is 9.78. The highest BCUT2D eigenvalue weighted by Crippen LogP contribution is 2.34. The van der Waals surface area contributed by atoms with Crippen LogP contribution in [0.4, 0.5) is 0 Å². The second kappa shape index (κ2) is 4.10. The van der Waals surface area contributed by atoms with Gasteiger partial charge in [0.05, 0.1) is 17.9 Å². The van der Waals surface area contributed by atoms with Crippen molar-refractivity contribution in [2.45, 2.75) is 25.8 Å². The monoisotopic (exact) mass is 228 g/mol. The molecule has 1 unspecified atom stereocenters. The molecule has 84 valence electrons. The van der Waals surface area contributed by atoms with Crippen LogP contribution in [-0.2, 0) is 0 Å². The molecule has 3 fully saturated rings. The number of piperidine rings is 3. The van der Waals surface area contributed by atoms with Crippen molar-refractivity contribution in [1.29, 1.82) is 0 Å². The molecule has 0 aromatic carbocycles. The second-order valence-corrected chi connectivity index (χ2v) is 4.51. The Balaban J connectivity index is 0.000000853. The van der Waals surface area contributed by atoms with Gasteiger partial charge in [0.2, 0.25) is 0 Å². The van der Waals surface area contributed by atoms with E-state index in [2.05, 4.69) is 15.1 Å². The SMILES string of the molecule is Cc1cnn(C2CN3CCC2CC3)n1.Cl. The quantitative estimate of drug-likeness (QED) is 0.726. The first-order valence-corrected chi connectivity index (χ1v) is 5.44. The zero-order valence-electron chi connectivity index (χ0n) is 8.96. The van der Waals surface area contributed by atoms with Crippen LogP contribution in [0.25, 0.3) is 0 Å². The summed E-state index contributed by atoms with van der Waals surface area (Å²) in [6.45, 7) is 5.71. The van der Waals surface area contributed by atoms with E-state index < -0.39 is 0 Å². The lowest BCUT2D eigenvalue weighted by atomic mass is 9.84. The Morgan fingerprint density at radius 1 is 1.33 bits per heavy atom. The number of aryl methyl sites for hydroxylation is 1. The predicted molar refractivity (Wildman–Crippen MR) is 60.2 cm³/mol. The van der Waals surface area contributed by atoms with Crippen molar-refractivity contribution in [2.24, 2.45) is 5.92 Å². The largest absolute Gasteiger partial charge is 0.301 e. The van der Waals surface area contributed by atoms with Gasteiger partial charge in [0.1, 0.15) is 0 Å². The van der Waals surface area contributed by atoms with Crippen LogP contribution < -0.4 is 0 Å². The van der Waals surface area contributed by atoms with Crippen LogP contribution in [0.3, 0.4) is 0 Å². The minimum absolute atomic E-state index is 0. The molecule has 4 heterocycles. The highest BCUT2D eigenvalue weighted by molar-refractivity contribution is 5.85. The van der Waals surface area contributed by atoms with Crippen LogP contribution in [-0.4, -0.2) is 39.5 Å². The first-order valence-electron chi connectivity index (χ1n) is 5.44. The van der Waals surface area contributed by atoms with E-state index in [0.717, 1.165) is 18.2 Å². The van der Waals surface area contributed by atoms with Crippen LogP contribution in [0.1, 0.15) is 24.6 Å². The molecule has 2 bridgehead atoms. The van der Waals surface area contributed by atoms with E-state index in [4.69, 9.17) is 0 Å². The Morgan fingerprint density at radius 3 is 2.53 bits per heavy atom. The fourth-order valence-corrected chi connectivity index (χ4v) is 2.71. The van der Waals surface area contributed by atoms with E-state index in [0.29, 0.717) is 6.04 Å². The van der Waals surface area contributed by atoms with E-state index in [1.807, 2.05) is 17.9 Å². The van der Waals surface area contributed by atoms with Gasteiger partial charge in [0.25, 0.3) is 0 Å². The molecule has 1 aromatic rings. The summed E-state index contributed by atoms with van der Waals surface area (Å²) in [6.07, 6.45) is 4.51. The van der Waals surface area contributed by atoms with Crippen molar-refractivity contribution in [3.8, 4) is 0 Å². The molecule has 1 atom stereocenters. The summed E-state index contributed by atoms with van der Waals surface area (Å²) in [5, 5.41) is 8.77. The summed E-state index contributed by atoms with van der Waals surface area (Å²) in [5.41, 5.74) is 1.03. The molecule has 4 rings (SSSR count). The first kappa shape index (κ1) is 10.9. The number of hydrogen-bond acceptors (Lipinski definition) is 3. The number of nitrogens with zero attached hydrogens (tertiary/aromatic N) is 4. The van der Waals surface area contributed by atoms with Crippen LogP contribution >= 0.6 is 12.4 Å². The molecule has 0 spiro atoms. The van der Waals surface area contributed by atoms with Gasteiger partial charge in [-0.2, -0.15) is 15.0 Å². The summed E-state index contributed by atoms with van der Waals surface area (Å²) in [7, 11) is 0. The topological polar surface area (TPSA) is 34.0 Å². The molecule has 0 saturated carbocycles. The Morgan fingerprint density at radius 2 is 2.07 bits per heavy atom. The highest BCUT2D eigenvalue weighted by Gasteiger charge is 2.36. The maximum absolute atomic E-state index is 4.43. The second-order valence-electron chi connectivity index (χ2n) is 4.51. The van der Waals surface area contributed by atoms with Gasteiger partial charge >= 0.3 is 0 Å². The molecular weight excluding hydrogens is 212 g/mol. The van der Waals surface area contributed by atoms with Gasteiger partial charge in [-0.25, -0.2) is 0 Å². The molecular formula is C10H17ClN4. The number of hydrogen-bond donors (Lipinski definition) is 0. The Labute approximate surface area is 96.0 Å². The fourth-order valence-electron chi connectivity index (χ4n) is 2.71. The summed E-state index contributed by atoms with van der Waals surface area (Å²) < 4.78 is 0. The summed E-state index contributed by atoms with van der Waals surface area (Å²) in [5.74, 6) is 0.812. The average molecular weight is 229 g/mol. The highest BCUT2D eigenvalue weighted by atomic mass is 35.5. The Kier molecular flexibility index (Phi) is 2.98. The van der Waals surface area contributed by atoms with Crippen molar-refractivity contribution >= 4 is 12.4 Å². The maximum Gasteiger partial charge on any atom is 0.0872 e. The van der Waals surface area contributed by atoms with Crippen molar-refractivity contribution < 1.29 is 0 Å². The molecule has 0 aliphatic carbocycles. The molecule has 0 amide bonds. The van der Waals surface area contributed by atoms with Gasteiger partial charge in [0.15, 0.2) is 0 Å². The molecule has 3 aliphatic rings. The van der Waals surface area contributed by atoms with E-state index >= 15 is 0 Å². The van der Waals surface area contributed by atoms with E-state index in [1.165, 1.54) is 25.9 Å². The third kappa shape index (κ3) is 1.88. The smallest absolute Gasteiger partial charge is 0.0872 e. The molecule has 3 aliphatic heterocycles. The minimum atomic E-state index is 0. The molecule has 4 nitrogen and oxygen atoms in total. The van der Waals surface area contributed by atoms with Crippen LogP contribution in [0.2, 0.25) is 0 Å². The van der Waals surface area contributed by atoms with E-state index in [9.17, 15) is 0 Å².